The highest BCUT2D eigenvalue weighted by Crippen LogP contribution is 2.31. The summed E-state index contributed by atoms with van der Waals surface area (Å²) in [5.41, 5.74) is -0.0211. The lowest BCUT2D eigenvalue weighted by molar-refractivity contribution is -0.384. The number of benzene rings is 1. The molecule has 128 valence electrons. The van der Waals surface area contributed by atoms with Crippen molar-refractivity contribution in [3.8, 4) is 0 Å². The Morgan fingerprint density at radius 3 is 2.39 bits per heavy atom. The topological polar surface area (TPSA) is 136 Å². The van der Waals surface area contributed by atoms with Crippen molar-refractivity contribution in [1.29, 1.82) is 0 Å². The van der Waals surface area contributed by atoms with Gasteiger partial charge in [0.15, 0.2) is 0 Å². The third-order valence-corrected chi connectivity index (χ3v) is 5.21. The van der Waals surface area contributed by atoms with Crippen LogP contribution in [0, 0.1) is 22.0 Å². The van der Waals surface area contributed by atoms with Crippen LogP contribution in [0.15, 0.2) is 23.1 Å². The van der Waals surface area contributed by atoms with E-state index in [0.717, 1.165) is 31.7 Å². The average Bonchev–Trinajstić information content (AvgIpc) is 2.52. The zero-order valence-corrected chi connectivity index (χ0v) is 13.5. The lowest BCUT2D eigenvalue weighted by Gasteiger charge is -2.27. The summed E-state index contributed by atoms with van der Waals surface area (Å²) in [6, 6.07) is 3.60. The molecule has 1 aromatic rings. The first kappa shape index (κ1) is 17.6. The van der Waals surface area contributed by atoms with Crippen LogP contribution < -0.4 is 10.5 Å². The van der Waals surface area contributed by atoms with E-state index in [1.807, 2.05) is 0 Å². The maximum atomic E-state index is 11.3. The van der Waals surface area contributed by atoms with E-state index in [9.17, 15) is 18.5 Å². The Morgan fingerprint density at radius 2 is 1.87 bits per heavy atom. The fraction of sp³-hybridized carbons (Fsp3) is 0.571. The number of nitrogens with zero attached hydrogens (tertiary/aromatic N) is 1. The SMILES string of the molecule is NS(=O)(=O)c1ccc(NCC2CCC(CO)CC2)c([N+](=O)[O-])c1. The lowest BCUT2D eigenvalue weighted by Crippen LogP contribution is -2.23. The van der Waals surface area contributed by atoms with Crippen molar-refractivity contribution in [2.45, 2.75) is 30.6 Å². The van der Waals surface area contributed by atoms with Crippen LogP contribution >= 0.6 is 0 Å². The zero-order chi connectivity index (χ0) is 17.0. The number of sulfonamides is 1. The minimum Gasteiger partial charge on any atom is -0.396 e. The predicted molar refractivity (Wildman–Crippen MR) is 85.5 cm³/mol. The Bertz CT molecular complexity index is 669. The molecule has 8 nitrogen and oxygen atoms in total. The number of hydrogen-bond donors (Lipinski definition) is 3. The number of aliphatic hydroxyl groups is 1. The van der Waals surface area contributed by atoms with Gasteiger partial charge >= 0.3 is 0 Å². The minimum atomic E-state index is -3.98. The van der Waals surface area contributed by atoms with E-state index in [2.05, 4.69) is 5.32 Å². The summed E-state index contributed by atoms with van der Waals surface area (Å²) in [4.78, 5) is 10.2. The van der Waals surface area contributed by atoms with Crippen LogP contribution in [0.1, 0.15) is 25.7 Å². The fourth-order valence-electron chi connectivity index (χ4n) is 2.86. The molecule has 1 saturated carbocycles. The molecule has 0 atom stereocenters. The van der Waals surface area contributed by atoms with E-state index < -0.39 is 14.9 Å². The van der Waals surface area contributed by atoms with E-state index in [1.54, 1.807) is 0 Å². The van der Waals surface area contributed by atoms with Crippen molar-refractivity contribution in [3.63, 3.8) is 0 Å². The second-order valence-electron chi connectivity index (χ2n) is 5.93. The Kier molecular flexibility index (Phi) is 5.55. The summed E-state index contributed by atoms with van der Waals surface area (Å²) in [7, 11) is -3.98. The van der Waals surface area contributed by atoms with Gasteiger partial charge in [0, 0.05) is 19.2 Å². The van der Waals surface area contributed by atoms with Gasteiger partial charge in [-0.05, 0) is 49.7 Å². The maximum Gasteiger partial charge on any atom is 0.293 e. The Balaban J connectivity index is 2.06. The molecule has 1 aromatic carbocycles. The van der Waals surface area contributed by atoms with Crippen LogP contribution in [-0.4, -0.2) is 31.6 Å². The molecule has 0 amide bonds. The van der Waals surface area contributed by atoms with Crippen molar-refractivity contribution < 1.29 is 18.4 Å². The molecule has 0 aliphatic heterocycles. The summed E-state index contributed by atoms with van der Waals surface area (Å²) in [5, 5.41) is 28.3. The van der Waals surface area contributed by atoms with Crippen LogP contribution in [0.5, 0.6) is 0 Å². The molecule has 9 heteroatoms. The number of hydrogen-bond acceptors (Lipinski definition) is 6. The van der Waals surface area contributed by atoms with E-state index in [0.29, 0.717) is 18.4 Å². The number of nitro benzene ring substituents is 1. The third kappa shape index (κ3) is 4.63. The zero-order valence-electron chi connectivity index (χ0n) is 12.6. The van der Waals surface area contributed by atoms with Gasteiger partial charge in [0.2, 0.25) is 10.0 Å². The van der Waals surface area contributed by atoms with Crippen LogP contribution in [0.25, 0.3) is 0 Å². The summed E-state index contributed by atoms with van der Waals surface area (Å²) < 4.78 is 22.6. The number of rotatable bonds is 6. The summed E-state index contributed by atoms with van der Waals surface area (Å²) in [6.07, 6.45) is 3.83. The fourth-order valence-corrected chi connectivity index (χ4v) is 3.40. The quantitative estimate of drug-likeness (QED) is 0.528. The molecule has 1 aliphatic rings. The van der Waals surface area contributed by atoms with Gasteiger partial charge in [0.05, 0.1) is 9.82 Å². The molecular weight excluding hydrogens is 322 g/mol. The number of primary sulfonamides is 1. The molecule has 1 fully saturated rings. The highest BCUT2D eigenvalue weighted by molar-refractivity contribution is 7.89. The summed E-state index contributed by atoms with van der Waals surface area (Å²) >= 11 is 0. The van der Waals surface area contributed by atoms with Crippen molar-refractivity contribution in [2.75, 3.05) is 18.5 Å². The first-order chi connectivity index (χ1) is 10.8. The first-order valence-electron chi connectivity index (χ1n) is 7.47. The number of anilines is 1. The van der Waals surface area contributed by atoms with Crippen molar-refractivity contribution in [1.82, 2.24) is 0 Å². The molecule has 1 aliphatic carbocycles. The number of nitrogens with two attached hydrogens (primary N) is 1. The Hall–Kier alpha value is -1.71. The summed E-state index contributed by atoms with van der Waals surface area (Å²) in [5.74, 6) is 0.741. The molecule has 0 aromatic heterocycles. The molecule has 0 saturated heterocycles. The van der Waals surface area contributed by atoms with Gasteiger partial charge in [0.1, 0.15) is 5.69 Å². The molecule has 0 unspecified atom stereocenters. The van der Waals surface area contributed by atoms with E-state index in [-0.39, 0.29) is 22.9 Å². The smallest absolute Gasteiger partial charge is 0.293 e. The van der Waals surface area contributed by atoms with Crippen LogP contribution in [0.3, 0.4) is 0 Å². The monoisotopic (exact) mass is 343 g/mol. The van der Waals surface area contributed by atoms with E-state index >= 15 is 0 Å². The summed E-state index contributed by atoms with van der Waals surface area (Å²) in [6.45, 7) is 0.786. The van der Waals surface area contributed by atoms with Crippen molar-refractivity contribution in [2.24, 2.45) is 17.0 Å². The molecule has 0 bridgehead atoms. The van der Waals surface area contributed by atoms with E-state index in [1.165, 1.54) is 12.1 Å². The minimum absolute atomic E-state index is 0.209. The van der Waals surface area contributed by atoms with Crippen molar-refractivity contribution in [3.05, 3.63) is 28.3 Å². The van der Waals surface area contributed by atoms with E-state index in [4.69, 9.17) is 10.2 Å². The average molecular weight is 343 g/mol. The Morgan fingerprint density at radius 1 is 1.26 bits per heavy atom. The number of aliphatic hydroxyl groups excluding tert-OH is 1. The van der Waals surface area contributed by atoms with Crippen molar-refractivity contribution >= 4 is 21.4 Å². The van der Waals surface area contributed by atoms with Gasteiger partial charge in [0.25, 0.3) is 5.69 Å². The standard InChI is InChI=1S/C14H21N3O5S/c15-23(21,22)12-5-6-13(14(7-12)17(19)20)16-8-10-1-3-11(9-18)4-2-10/h5-7,10-11,16,18H,1-4,8-9H2,(H2,15,21,22). The largest absolute Gasteiger partial charge is 0.396 e. The predicted octanol–water partition coefficient (Wildman–Crippen LogP) is 1.45. The van der Waals surface area contributed by atoms with Gasteiger partial charge in [-0.3, -0.25) is 10.1 Å². The molecule has 0 radical (unpaired) electrons. The maximum absolute atomic E-state index is 11.3. The number of nitrogens with one attached hydrogen (secondary N) is 1. The molecule has 4 N–H and O–H groups in total. The lowest BCUT2D eigenvalue weighted by atomic mass is 9.82. The molecule has 0 spiro atoms. The highest BCUT2D eigenvalue weighted by atomic mass is 32.2. The molecule has 23 heavy (non-hydrogen) atoms. The van der Waals surface area contributed by atoms with Gasteiger partial charge in [-0.15, -0.1) is 0 Å². The molecular formula is C14H21N3O5S. The van der Waals surface area contributed by atoms with Crippen LogP contribution in [-0.2, 0) is 10.0 Å². The third-order valence-electron chi connectivity index (χ3n) is 4.30. The van der Waals surface area contributed by atoms with Gasteiger partial charge < -0.3 is 10.4 Å². The normalized spacial score (nSPS) is 21.8. The Labute approximate surface area is 134 Å². The highest BCUT2D eigenvalue weighted by Gasteiger charge is 2.23. The molecule has 0 heterocycles. The second-order valence-corrected chi connectivity index (χ2v) is 7.49. The first-order valence-corrected chi connectivity index (χ1v) is 9.02. The molecule has 2 rings (SSSR count). The van der Waals surface area contributed by atoms with Crippen LogP contribution in [0.2, 0.25) is 0 Å². The number of nitro groups is 1. The van der Waals surface area contributed by atoms with Gasteiger partial charge in [-0.2, -0.15) is 0 Å². The van der Waals surface area contributed by atoms with Gasteiger partial charge in [-0.1, -0.05) is 0 Å². The van der Waals surface area contributed by atoms with Crippen LogP contribution in [0.4, 0.5) is 11.4 Å². The second kappa shape index (κ2) is 7.24. The van der Waals surface area contributed by atoms with Gasteiger partial charge in [-0.25, -0.2) is 13.6 Å².